The molecule has 0 saturated carbocycles. The first-order chi connectivity index (χ1) is 6.83. The number of ether oxygens (including phenoxy) is 1. The molecule has 1 aliphatic carbocycles. The lowest BCUT2D eigenvalue weighted by Crippen LogP contribution is -2.32. The van der Waals surface area contributed by atoms with Crippen LogP contribution in [0.5, 0.6) is 0 Å². The van der Waals surface area contributed by atoms with Gasteiger partial charge < -0.3 is 9.84 Å². The van der Waals surface area contributed by atoms with Crippen LogP contribution in [0, 0.1) is 5.41 Å². The first-order valence-corrected chi connectivity index (χ1v) is 5.04. The number of rotatable bonds is 2. The summed E-state index contributed by atoms with van der Waals surface area (Å²) < 4.78 is 4.93. The average Bonchev–Trinajstić information content (AvgIpc) is 2.09. The van der Waals surface area contributed by atoms with Crippen molar-refractivity contribution in [2.45, 2.75) is 33.3 Å². The molecule has 1 aliphatic rings. The average molecular weight is 210 g/mol. The van der Waals surface area contributed by atoms with E-state index in [0.29, 0.717) is 6.42 Å². The second-order valence-electron chi connectivity index (χ2n) is 4.59. The third-order valence-electron chi connectivity index (χ3n) is 2.73. The van der Waals surface area contributed by atoms with Gasteiger partial charge in [-0.2, -0.15) is 0 Å². The van der Waals surface area contributed by atoms with Crippen molar-refractivity contribution in [1.82, 2.24) is 0 Å². The Labute approximate surface area is 90.4 Å². The van der Waals surface area contributed by atoms with Crippen molar-refractivity contribution in [3.63, 3.8) is 0 Å². The Morgan fingerprint density at radius 1 is 1.73 bits per heavy atom. The van der Waals surface area contributed by atoms with Crippen molar-refractivity contribution in [3.8, 4) is 0 Å². The summed E-state index contributed by atoms with van der Waals surface area (Å²) in [6.07, 6.45) is 2.07. The Morgan fingerprint density at radius 3 is 2.87 bits per heavy atom. The maximum Gasteiger partial charge on any atom is 0.302 e. The SMILES string of the molecule is C=C1CC(O)C(C)(C)C=C1COC(C)=O. The van der Waals surface area contributed by atoms with Crippen LogP contribution in [-0.4, -0.2) is 23.8 Å². The van der Waals surface area contributed by atoms with Crippen molar-refractivity contribution in [1.29, 1.82) is 0 Å². The van der Waals surface area contributed by atoms with Gasteiger partial charge in [0.15, 0.2) is 0 Å². The lowest BCUT2D eigenvalue weighted by atomic mass is 9.75. The van der Waals surface area contributed by atoms with E-state index in [1.165, 1.54) is 6.92 Å². The third-order valence-corrected chi connectivity index (χ3v) is 2.73. The lowest BCUT2D eigenvalue weighted by molar-refractivity contribution is -0.139. The molecule has 0 fully saturated rings. The second kappa shape index (κ2) is 4.19. The number of aliphatic hydroxyl groups excluding tert-OH is 1. The normalized spacial score (nSPS) is 24.7. The van der Waals surface area contributed by atoms with Crippen LogP contribution in [0.1, 0.15) is 27.2 Å². The van der Waals surface area contributed by atoms with Gasteiger partial charge in [-0.25, -0.2) is 0 Å². The number of esters is 1. The van der Waals surface area contributed by atoms with Gasteiger partial charge in [0, 0.05) is 12.3 Å². The maximum absolute atomic E-state index is 10.7. The number of carbonyl (C=O) groups is 1. The van der Waals surface area contributed by atoms with Crippen LogP contribution in [0.2, 0.25) is 0 Å². The summed E-state index contributed by atoms with van der Waals surface area (Å²) in [6, 6.07) is 0. The Balaban J connectivity index is 2.78. The molecule has 0 aromatic heterocycles. The van der Waals surface area contributed by atoms with E-state index < -0.39 is 6.10 Å². The smallest absolute Gasteiger partial charge is 0.302 e. The summed E-state index contributed by atoms with van der Waals surface area (Å²) in [6.45, 7) is 9.42. The van der Waals surface area contributed by atoms with Gasteiger partial charge in [-0.3, -0.25) is 4.79 Å². The van der Waals surface area contributed by atoms with Crippen LogP contribution in [0.3, 0.4) is 0 Å². The predicted molar refractivity (Wildman–Crippen MR) is 58.3 cm³/mol. The molecule has 0 heterocycles. The monoisotopic (exact) mass is 210 g/mol. The first-order valence-electron chi connectivity index (χ1n) is 5.04. The van der Waals surface area contributed by atoms with Crippen molar-refractivity contribution in [2.24, 2.45) is 5.41 Å². The van der Waals surface area contributed by atoms with E-state index in [9.17, 15) is 9.90 Å². The molecule has 0 amide bonds. The van der Waals surface area contributed by atoms with Crippen LogP contribution < -0.4 is 0 Å². The zero-order valence-electron chi connectivity index (χ0n) is 9.54. The zero-order valence-corrected chi connectivity index (χ0v) is 9.54. The minimum Gasteiger partial charge on any atom is -0.461 e. The second-order valence-corrected chi connectivity index (χ2v) is 4.59. The summed E-state index contributed by atoms with van der Waals surface area (Å²) >= 11 is 0. The van der Waals surface area contributed by atoms with E-state index in [1.54, 1.807) is 0 Å². The van der Waals surface area contributed by atoms with Gasteiger partial charge in [0.25, 0.3) is 0 Å². The van der Waals surface area contributed by atoms with E-state index in [0.717, 1.165) is 11.1 Å². The number of aliphatic hydroxyl groups is 1. The van der Waals surface area contributed by atoms with Gasteiger partial charge in [-0.05, 0) is 17.6 Å². The standard InChI is InChI=1S/C12H18O3/c1-8-5-11(14)12(3,4)6-10(8)7-15-9(2)13/h6,11,14H,1,5,7H2,2-4H3. The fourth-order valence-corrected chi connectivity index (χ4v) is 1.60. The van der Waals surface area contributed by atoms with Crippen LogP contribution >= 0.6 is 0 Å². The molecule has 0 saturated heterocycles. The number of hydrogen-bond donors (Lipinski definition) is 1. The highest BCUT2D eigenvalue weighted by Gasteiger charge is 2.31. The maximum atomic E-state index is 10.7. The highest BCUT2D eigenvalue weighted by molar-refractivity contribution is 5.66. The molecule has 0 aromatic rings. The molecule has 0 aliphatic heterocycles. The van der Waals surface area contributed by atoms with Crippen molar-refractivity contribution >= 4 is 5.97 Å². The largest absolute Gasteiger partial charge is 0.461 e. The van der Waals surface area contributed by atoms with Gasteiger partial charge in [0.1, 0.15) is 6.61 Å². The van der Waals surface area contributed by atoms with Crippen molar-refractivity contribution in [2.75, 3.05) is 6.61 Å². The van der Waals surface area contributed by atoms with E-state index in [1.807, 2.05) is 19.9 Å². The highest BCUT2D eigenvalue weighted by atomic mass is 16.5. The van der Waals surface area contributed by atoms with Crippen LogP contribution in [0.4, 0.5) is 0 Å². The third kappa shape index (κ3) is 2.93. The molecule has 0 bridgehead atoms. The molecule has 3 heteroatoms. The molecule has 1 unspecified atom stereocenters. The zero-order chi connectivity index (χ0) is 11.6. The molecule has 0 aromatic carbocycles. The van der Waals surface area contributed by atoms with Gasteiger partial charge >= 0.3 is 5.97 Å². The van der Waals surface area contributed by atoms with E-state index >= 15 is 0 Å². The molecule has 1 atom stereocenters. The minimum atomic E-state index is -0.411. The molecule has 0 radical (unpaired) electrons. The van der Waals surface area contributed by atoms with E-state index in [4.69, 9.17) is 4.74 Å². The topological polar surface area (TPSA) is 46.5 Å². The molecule has 1 N–H and O–H groups in total. The quantitative estimate of drug-likeness (QED) is 0.707. The van der Waals surface area contributed by atoms with E-state index in [-0.39, 0.29) is 18.0 Å². The van der Waals surface area contributed by atoms with Crippen LogP contribution in [0.25, 0.3) is 0 Å². The molecule has 84 valence electrons. The summed E-state index contributed by atoms with van der Waals surface area (Å²) in [4.78, 5) is 10.7. The Hall–Kier alpha value is -1.09. The van der Waals surface area contributed by atoms with E-state index in [2.05, 4.69) is 6.58 Å². The summed E-state index contributed by atoms with van der Waals surface area (Å²) in [5.74, 6) is -0.298. The highest BCUT2D eigenvalue weighted by Crippen LogP contribution is 2.35. The summed E-state index contributed by atoms with van der Waals surface area (Å²) in [5.41, 5.74) is 1.49. The molecule has 0 spiro atoms. The molecular weight excluding hydrogens is 192 g/mol. The Kier molecular flexibility index (Phi) is 3.35. The van der Waals surface area contributed by atoms with Gasteiger partial charge in [0.2, 0.25) is 0 Å². The molecular formula is C12H18O3. The number of hydrogen-bond acceptors (Lipinski definition) is 3. The van der Waals surface area contributed by atoms with Crippen molar-refractivity contribution in [3.05, 3.63) is 23.8 Å². The first kappa shape index (κ1) is 12.0. The Morgan fingerprint density at radius 2 is 2.33 bits per heavy atom. The van der Waals surface area contributed by atoms with Gasteiger partial charge in [-0.15, -0.1) is 0 Å². The lowest BCUT2D eigenvalue weighted by Gasteiger charge is -2.34. The molecule has 3 nitrogen and oxygen atoms in total. The van der Waals surface area contributed by atoms with Gasteiger partial charge in [-0.1, -0.05) is 26.5 Å². The Bertz CT molecular complexity index is 313. The predicted octanol–water partition coefficient (Wildman–Crippen LogP) is 1.82. The summed E-state index contributed by atoms with van der Waals surface area (Å²) in [7, 11) is 0. The minimum absolute atomic E-state index is 0.254. The summed E-state index contributed by atoms with van der Waals surface area (Å²) in [5, 5.41) is 9.79. The molecule has 1 rings (SSSR count). The van der Waals surface area contributed by atoms with Gasteiger partial charge in [0.05, 0.1) is 6.10 Å². The fraction of sp³-hybridized carbons (Fsp3) is 0.583. The number of carbonyl (C=O) groups excluding carboxylic acids is 1. The van der Waals surface area contributed by atoms with Crippen LogP contribution in [0.15, 0.2) is 23.8 Å². The van der Waals surface area contributed by atoms with Crippen molar-refractivity contribution < 1.29 is 14.6 Å². The molecule has 15 heavy (non-hydrogen) atoms. The van der Waals surface area contributed by atoms with Crippen LogP contribution in [-0.2, 0) is 9.53 Å². The fourth-order valence-electron chi connectivity index (χ4n) is 1.60.